The number of hydrogen-bond acceptors (Lipinski definition) is 9. The third kappa shape index (κ3) is 7.89. The molecule has 0 unspecified atom stereocenters. The Balaban J connectivity index is 1.52. The molecule has 1 aliphatic heterocycles. The summed E-state index contributed by atoms with van der Waals surface area (Å²) in [6.45, 7) is 14.0. The molecule has 2 aliphatic rings. The van der Waals surface area contributed by atoms with Crippen molar-refractivity contribution in [2.45, 2.75) is 52.2 Å². The number of aliphatic imine (C=N–C) groups is 1. The molecule has 0 bridgehead atoms. The smallest absolute Gasteiger partial charge is 0.433 e. The maximum absolute atomic E-state index is 15.2. The first-order valence-electron chi connectivity index (χ1n) is 13.2. The molecule has 2 aromatic rings. The summed E-state index contributed by atoms with van der Waals surface area (Å²) in [5, 5.41) is 6.46. The van der Waals surface area contributed by atoms with Gasteiger partial charge in [0.2, 0.25) is 0 Å². The summed E-state index contributed by atoms with van der Waals surface area (Å²) in [6.07, 6.45) is 4.59. The molecule has 1 saturated carbocycles. The van der Waals surface area contributed by atoms with E-state index in [0.29, 0.717) is 36.2 Å². The molecular formula is C28H38FN7O3. The lowest BCUT2D eigenvalue weighted by atomic mass is 9.98. The van der Waals surface area contributed by atoms with Crippen LogP contribution in [0.25, 0.3) is 5.70 Å². The van der Waals surface area contributed by atoms with E-state index in [4.69, 9.17) is 15.2 Å². The zero-order valence-electron chi connectivity index (χ0n) is 23.0. The summed E-state index contributed by atoms with van der Waals surface area (Å²) in [5.74, 6) is 0.875. The summed E-state index contributed by atoms with van der Waals surface area (Å²) < 4.78 is 25.9. The van der Waals surface area contributed by atoms with Crippen molar-refractivity contribution in [3.05, 3.63) is 42.4 Å². The Morgan fingerprint density at radius 3 is 2.62 bits per heavy atom. The molecule has 11 heteroatoms. The number of nitrogens with zero attached hydrogens (tertiary/aromatic N) is 4. The minimum Gasteiger partial charge on any atom is -0.442 e. The number of morpholine rings is 1. The molecule has 3 heterocycles. The summed E-state index contributed by atoms with van der Waals surface area (Å²) >= 11 is 0. The minimum atomic E-state index is -0.654. The molecule has 0 radical (unpaired) electrons. The van der Waals surface area contributed by atoms with Gasteiger partial charge in [0, 0.05) is 42.5 Å². The number of pyridine rings is 2. The quantitative estimate of drug-likeness (QED) is 0.379. The van der Waals surface area contributed by atoms with Gasteiger partial charge in [-0.1, -0.05) is 13.5 Å². The molecule has 0 spiro atoms. The number of anilines is 4. The molecule has 39 heavy (non-hydrogen) atoms. The van der Waals surface area contributed by atoms with Crippen molar-refractivity contribution < 1.29 is 18.7 Å². The molecule has 2 atom stereocenters. The second-order valence-corrected chi connectivity index (χ2v) is 11.0. The summed E-state index contributed by atoms with van der Waals surface area (Å²) in [7, 11) is 0. The number of nitrogens with two attached hydrogens (primary N) is 1. The van der Waals surface area contributed by atoms with Gasteiger partial charge in [-0.25, -0.2) is 19.2 Å². The number of rotatable bonds is 9. The molecule has 4 rings (SSSR count). The van der Waals surface area contributed by atoms with Gasteiger partial charge in [0.15, 0.2) is 11.6 Å². The Kier molecular flexibility index (Phi) is 8.69. The maximum atomic E-state index is 15.2. The lowest BCUT2D eigenvalue weighted by Crippen LogP contribution is -2.36. The van der Waals surface area contributed by atoms with Gasteiger partial charge >= 0.3 is 6.09 Å². The molecule has 210 valence electrons. The van der Waals surface area contributed by atoms with Crippen LogP contribution in [0.5, 0.6) is 0 Å². The molecule has 1 amide bonds. The third-order valence-electron chi connectivity index (χ3n) is 6.48. The first-order chi connectivity index (χ1) is 18.5. The van der Waals surface area contributed by atoms with Gasteiger partial charge < -0.3 is 30.7 Å². The number of amides is 1. The second-order valence-electron chi connectivity index (χ2n) is 11.0. The molecule has 2 aromatic heterocycles. The van der Waals surface area contributed by atoms with E-state index in [2.05, 4.69) is 37.1 Å². The Hall–Kier alpha value is -3.73. The predicted octanol–water partition coefficient (Wildman–Crippen LogP) is 4.96. The molecule has 1 saturated heterocycles. The highest BCUT2D eigenvalue weighted by Gasteiger charge is 2.35. The van der Waals surface area contributed by atoms with Gasteiger partial charge in [-0.05, 0) is 57.7 Å². The van der Waals surface area contributed by atoms with E-state index < -0.39 is 17.5 Å². The maximum Gasteiger partial charge on any atom is 0.433 e. The van der Waals surface area contributed by atoms with E-state index in [-0.39, 0.29) is 23.5 Å². The van der Waals surface area contributed by atoms with Crippen molar-refractivity contribution in [1.29, 1.82) is 0 Å². The summed E-state index contributed by atoms with van der Waals surface area (Å²) in [5.41, 5.74) is 6.56. The zero-order valence-corrected chi connectivity index (χ0v) is 23.0. The van der Waals surface area contributed by atoms with Crippen LogP contribution in [-0.2, 0) is 9.47 Å². The van der Waals surface area contributed by atoms with E-state index in [0.717, 1.165) is 31.7 Å². The zero-order chi connectivity index (χ0) is 28.2. The van der Waals surface area contributed by atoms with E-state index in [1.165, 1.54) is 6.07 Å². The monoisotopic (exact) mass is 539 g/mol. The SMILES string of the molecule is C=C(N)c1cc(F)c(N[C@H](C2CC2)[C@H](C)/C=N/C(=O)OC(C)(C)C)nc1Nc1ccc(N2CCOCC2)nc1. The molecule has 0 aromatic carbocycles. The normalized spacial score (nSPS) is 17.5. The van der Waals surface area contributed by atoms with Gasteiger partial charge in [-0.3, -0.25) is 0 Å². The van der Waals surface area contributed by atoms with Crippen molar-refractivity contribution in [3.8, 4) is 0 Å². The van der Waals surface area contributed by atoms with Crippen LogP contribution < -0.4 is 21.3 Å². The highest BCUT2D eigenvalue weighted by atomic mass is 19.1. The Labute approximate surface area is 228 Å². The van der Waals surface area contributed by atoms with Crippen LogP contribution in [0, 0.1) is 17.7 Å². The van der Waals surface area contributed by atoms with Crippen LogP contribution >= 0.6 is 0 Å². The standard InChI is InChI=1S/C28H38FN7O3/c1-17(15-32-27(37)39-28(3,4)5)24(19-6-7-19)34-26-22(29)14-21(18(2)30)25(35-26)33-20-8-9-23(31-16-20)36-10-12-38-13-11-36/h8-9,14-17,19,24H,2,6-7,10-13,30H2,1,3-5H3,(H2,33,34,35)/b32-15+/t17-,24+/m1/s1. The molecule has 4 N–H and O–H groups in total. The van der Waals surface area contributed by atoms with E-state index in [1.54, 1.807) is 33.2 Å². The van der Waals surface area contributed by atoms with Crippen LogP contribution in [0.3, 0.4) is 0 Å². The summed E-state index contributed by atoms with van der Waals surface area (Å²) in [6, 6.07) is 4.95. The Bertz CT molecular complexity index is 1200. The van der Waals surface area contributed by atoms with E-state index >= 15 is 4.39 Å². The van der Waals surface area contributed by atoms with Crippen molar-refractivity contribution in [2.75, 3.05) is 41.8 Å². The largest absolute Gasteiger partial charge is 0.442 e. The van der Waals surface area contributed by atoms with Crippen molar-refractivity contribution in [3.63, 3.8) is 0 Å². The van der Waals surface area contributed by atoms with Gasteiger partial charge in [0.05, 0.1) is 25.1 Å². The lowest BCUT2D eigenvalue weighted by molar-refractivity contribution is 0.0604. The van der Waals surface area contributed by atoms with Gasteiger partial charge in [-0.15, -0.1) is 0 Å². The first-order valence-corrected chi connectivity index (χ1v) is 13.2. The highest BCUT2D eigenvalue weighted by molar-refractivity contribution is 5.81. The first kappa shape index (κ1) is 28.3. The topological polar surface area (TPSA) is 127 Å². The fourth-order valence-corrected chi connectivity index (χ4v) is 4.36. The number of nitrogens with one attached hydrogen (secondary N) is 2. The van der Waals surface area contributed by atoms with Crippen molar-refractivity contribution >= 4 is 41.1 Å². The van der Waals surface area contributed by atoms with Crippen molar-refractivity contribution in [2.24, 2.45) is 22.6 Å². The Morgan fingerprint density at radius 2 is 2.03 bits per heavy atom. The Morgan fingerprint density at radius 1 is 1.31 bits per heavy atom. The molecule has 1 aliphatic carbocycles. The van der Waals surface area contributed by atoms with Crippen molar-refractivity contribution in [1.82, 2.24) is 9.97 Å². The second kappa shape index (κ2) is 12.0. The van der Waals surface area contributed by atoms with Crippen LogP contribution in [0.4, 0.5) is 32.3 Å². The lowest BCUT2D eigenvalue weighted by Gasteiger charge is -2.27. The number of carbonyl (C=O) groups excluding carboxylic acids is 1. The fraction of sp³-hybridized carbons (Fsp3) is 0.500. The third-order valence-corrected chi connectivity index (χ3v) is 6.48. The van der Waals surface area contributed by atoms with Crippen LogP contribution in [0.2, 0.25) is 0 Å². The van der Waals surface area contributed by atoms with Gasteiger partial charge in [0.25, 0.3) is 0 Å². The van der Waals surface area contributed by atoms with Crippen LogP contribution in [-0.4, -0.2) is 60.2 Å². The fourth-order valence-electron chi connectivity index (χ4n) is 4.36. The number of ether oxygens (including phenoxy) is 2. The minimum absolute atomic E-state index is 0.0785. The van der Waals surface area contributed by atoms with Gasteiger partial charge in [-0.2, -0.15) is 4.99 Å². The number of carbonyl (C=O) groups is 1. The predicted molar refractivity (Wildman–Crippen MR) is 152 cm³/mol. The van der Waals surface area contributed by atoms with Gasteiger partial charge in [0.1, 0.15) is 17.2 Å². The number of hydrogen-bond donors (Lipinski definition) is 3. The van der Waals surface area contributed by atoms with Crippen LogP contribution in [0.15, 0.2) is 36.0 Å². The molecule has 10 nitrogen and oxygen atoms in total. The average Bonchev–Trinajstić information content (AvgIpc) is 3.72. The molecular weight excluding hydrogens is 501 g/mol. The average molecular weight is 540 g/mol. The number of halogens is 1. The molecule has 2 fully saturated rings. The number of aromatic nitrogens is 2. The van der Waals surface area contributed by atoms with Crippen LogP contribution in [0.1, 0.15) is 46.1 Å². The summed E-state index contributed by atoms with van der Waals surface area (Å²) in [4.78, 5) is 27.3. The van der Waals surface area contributed by atoms with E-state index in [9.17, 15) is 4.79 Å². The highest BCUT2D eigenvalue weighted by Crippen LogP contribution is 2.38. The van der Waals surface area contributed by atoms with E-state index in [1.807, 2.05) is 19.1 Å².